The Morgan fingerprint density at radius 2 is 1.85 bits per heavy atom. The van der Waals surface area contributed by atoms with Gasteiger partial charge < -0.3 is 10.5 Å². The summed E-state index contributed by atoms with van der Waals surface area (Å²) in [6.45, 7) is 8.16. The molecule has 0 fully saturated rings. The number of rotatable bonds is 6. The molecule has 0 spiro atoms. The Morgan fingerprint density at radius 1 is 1.25 bits per heavy atom. The Morgan fingerprint density at radius 3 is 2.25 bits per heavy atom. The lowest BCUT2D eigenvalue weighted by molar-refractivity contribution is 0.319. The number of hydrogen-bond acceptors (Lipinski definition) is 4. The molecule has 1 aromatic carbocycles. The minimum absolute atomic E-state index is 0.121. The molecule has 0 bridgehead atoms. The second-order valence-electron chi connectivity index (χ2n) is 5.47. The minimum Gasteiger partial charge on any atom is -0.497 e. The van der Waals surface area contributed by atoms with E-state index in [0.29, 0.717) is 12.3 Å². The molecule has 0 aromatic heterocycles. The van der Waals surface area contributed by atoms with E-state index < -0.39 is 10.0 Å². The summed E-state index contributed by atoms with van der Waals surface area (Å²) in [6, 6.07) is 4.51. The van der Waals surface area contributed by atoms with E-state index in [1.165, 1.54) is 23.5 Å². The SMILES string of the molecule is COc1ccc(S(=O)(=O)N(CC(C)C)C(C)C)c(N)c1. The number of anilines is 1. The molecule has 0 atom stereocenters. The largest absolute Gasteiger partial charge is 0.497 e. The lowest BCUT2D eigenvalue weighted by Gasteiger charge is -2.28. The van der Waals surface area contributed by atoms with Crippen molar-refractivity contribution in [2.45, 2.75) is 38.6 Å². The Bertz CT molecular complexity index is 554. The van der Waals surface area contributed by atoms with E-state index in [1.54, 1.807) is 6.07 Å². The van der Waals surface area contributed by atoms with Gasteiger partial charge in [0.05, 0.1) is 12.8 Å². The summed E-state index contributed by atoms with van der Waals surface area (Å²) in [6.07, 6.45) is 0. The summed E-state index contributed by atoms with van der Waals surface area (Å²) in [5, 5.41) is 0. The van der Waals surface area contributed by atoms with Crippen molar-refractivity contribution in [2.75, 3.05) is 19.4 Å². The second kappa shape index (κ2) is 6.45. The van der Waals surface area contributed by atoms with Gasteiger partial charge in [0.1, 0.15) is 10.6 Å². The van der Waals surface area contributed by atoms with Crippen molar-refractivity contribution < 1.29 is 13.2 Å². The molecule has 0 aliphatic heterocycles. The van der Waals surface area contributed by atoms with Gasteiger partial charge in [0.15, 0.2) is 0 Å². The van der Waals surface area contributed by atoms with Gasteiger partial charge in [-0.15, -0.1) is 0 Å². The van der Waals surface area contributed by atoms with Crippen molar-refractivity contribution in [1.82, 2.24) is 4.31 Å². The van der Waals surface area contributed by atoms with Crippen molar-refractivity contribution in [2.24, 2.45) is 5.92 Å². The standard InChI is InChI=1S/C14H24N2O3S/c1-10(2)9-16(11(3)4)20(17,18)14-7-6-12(19-5)8-13(14)15/h6-8,10-11H,9,15H2,1-5H3. The molecule has 1 rings (SSSR count). The summed E-state index contributed by atoms with van der Waals surface area (Å²) >= 11 is 0. The smallest absolute Gasteiger partial charge is 0.245 e. The summed E-state index contributed by atoms with van der Waals surface area (Å²) in [5.74, 6) is 0.785. The highest BCUT2D eigenvalue weighted by Crippen LogP contribution is 2.28. The quantitative estimate of drug-likeness (QED) is 0.818. The molecule has 1 aromatic rings. The normalized spacial score (nSPS) is 12.4. The van der Waals surface area contributed by atoms with Crippen LogP contribution in [0.4, 0.5) is 5.69 Å². The van der Waals surface area contributed by atoms with Crippen LogP contribution >= 0.6 is 0 Å². The second-order valence-corrected chi connectivity index (χ2v) is 7.33. The zero-order chi connectivity index (χ0) is 15.5. The number of benzene rings is 1. The number of sulfonamides is 1. The summed E-state index contributed by atoms with van der Waals surface area (Å²) in [5.41, 5.74) is 6.07. The molecule has 20 heavy (non-hydrogen) atoms. The van der Waals surface area contributed by atoms with Gasteiger partial charge in [0.25, 0.3) is 0 Å². The highest BCUT2D eigenvalue weighted by molar-refractivity contribution is 7.89. The van der Waals surface area contributed by atoms with Gasteiger partial charge in [-0.2, -0.15) is 4.31 Å². The van der Waals surface area contributed by atoms with Crippen molar-refractivity contribution in [3.63, 3.8) is 0 Å². The molecular formula is C14H24N2O3S. The van der Waals surface area contributed by atoms with E-state index in [2.05, 4.69) is 0 Å². The molecule has 0 heterocycles. The molecule has 0 unspecified atom stereocenters. The van der Waals surface area contributed by atoms with Crippen molar-refractivity contribution >= 4 is 15.7 Å². The molecule has 6 heteroatoms. The van der Waals surface area contributed by atoms with Gasteiger partial charge in [-0.25, -0.2) is 8.42 Å². The third kappa shape index (κ3) is 3.64. The highest BCUT2D eigenvalue weighted by atomic mass is 32.2. The predicted molar refractivity (Wildman–Crippen MR) is 81.3 cm³/mol. The maximum Gasteiger partial charge on any atom is 0.245 e. The van der Waals surface area contributed by atoms with Gasteiger partial charge in [0, 0.05) is 18.7 Å². The lowest BCUT2D eigenvalue weighted by Crippen LogP contribution is -2.39. The first-order valence-corrected chi connectivity index (χ1v) is 8.09. The van der Waals surface area contributed by atoms with Crippen LogP contribution in [-0.4, -0.2) is 32.4 Å². The fraction of sp³-hybridized carbons (Fsp3) is 0.571. The number of ether oxygens (including phenoxy) is 1. The topological polar surface area (TPSA) is 72.6 Å². The third-order valence-corrected chi connectivity index (χ3v) is 5.04. The van der Waals surface area contributed by atoms with Crippen molar-refractivity contribution in [1.29, 1.82) is 0 Å². The van der Waals surface area contributed by atoms with Gasteiger partial charge >= 0.3 is 0 Å². The van der Waals surface area contributed by atoms with Crippen LogP contribution in [-0.2, 0) is 10.0 Å². The van der Waals surface area contributed by atoms with E-state index in [4.69, 9.17) is 10.5 Å². The number of nitrogens with two attached hydrogens (primary N) is 1. The van der Waals surface area contributed by atoms with Crippen LogP contribution in [0.15, 0.2) is 23.1 Å². The van der Waals surface area contributed by atoms with Crippen LogP contribution in [0.25, 0.3) is 0 Å². The minimum atomic E-state index is -3.60. The molecule has 0 aliphatic rings. The number of nitrogen functional groups attached to an aromatic ring is 1. The Kier molecular flexibility index (Phi) is 5.42. The number of nitrogens with zero attached hydrogens (tertiary/aromatic N) is 1. The van der Waals surface area contributed by atoms with E-state index in [9.17, 15) is 8.42 Å². The Hall–Kier alpha value is -1.27. The predicted octanol–water partition coefficient (Wildman–Crippen LogP) is 2.33. The highest BCUT2D eigenvalue weighted by Gasteiger charge is 2.29. The van der Waals surface area contributed by atoms with Crippen molar-refractivity contribution in [3.05, 3.63) is 18.2 Å². The summed E-state index contributed by atoms with van der Waals surface area (Å²) < 4.78 is 32.0. The maximum absolute atomic E-state index is 12.7. The van der Waals surface area contributed by atoms with E-state index >= 15 is 0 Å². The van der Waals surface area contributed by atoms with Crippen LogP contribution in [0, 0.1) is 5.92 Å². The molecule has 2 N–H and O–H groups in total. The first-order chi connectivity index (χ1) is 9.20. The van der Waals surface area contributed by atoms with Crippen LogP contribution in [0.5, 0.6) is 5.75 Å². The molecule has 0 radical (unpaired) electrons. The van der Waals surface area contributed by atoms with E-state index in [-0.39, 0.29) is 22.5 Å². The fourth-order valence-electron chi connectivity index (χ4n) is 1.96. The maximum atomic E-state index is 12.7. The first kappa shape index (κ1) is 16.8. The molecule has 0 saturated carbocycles. The molecule has 0 amide bonds. The number of hydrogen-bond donors (Lipinski definition) is 1. The Labute approximate surface area is 121 Å². The molecule has 5 nitrogen and oxygen atoms in total. The van der Waals surface area contributed by atoms with Gasteiger partial charge in [0.2, 0.25) is 10.0 Å². The first-order valence-electron chi connectivity index (χ1n) is 6.65. The summed E-state index contributed by atoms with van der Waals surface area (Å²) in [7, 11) is -2.08. The van der Waals surface area contributed by atoms with Gasteiger partial charge in [-0.1, -0.05) is 13.8 Å². The molecular weight excluding hydrogens is 276 g/mol. The fourth-order valence-corrected chi connectivity index (χ4v) is 3.86. The van der Waals surface area contributed by atoms with E-state index in [0.717, 1.165) is 0 Å². The zero-order valence-electron chi connectivity index (χ0n) is 12.8. The number of methoxy groups -OCH3 is 1. The van der Waals surface area contributed by atoms with E-state index in [1.807, 2.05) is 27.7 Å². The van der Waals surface area contributed by atoms with Crippen LogP contribution in [0.2, 0.25) is 0 Å². The van der Waals surface area contributed by atoms with Crippen molar-refractivity contribution in [3.8, 4) is 5.75 Å². The van der Waals surface area contributed by atoms with Crippen LogP contribution < -0.4 is 10.5 Å². The molecule has 0 saturated heterocycles. The third-order valence-electron chi connectivity index (χ3n) is 2.92. The molecule has 0 aliphatic carbocycles. The lowest BCUT2D eigenvalue weighted by atomic mass is 10.2. The Balaban J connectivity index is 3.26. The van der Waals surface area contributed by atoms with Crippen LogP contribution in [0.1, 0.15) is 27.7 Å². The van der Waals surface area contributed by atoms with Gasteiger partial charge in [-0.05, 0) is 31.9 Å². The monoisotopic (exact) mass is 300 g/mol. The summed E-state index contributed by atoms with van der Waals surface area (Å²) in [4.78, 5) is 0.132. The van der Waals surface area contributed by atoms with Crippen LogP contribution in [0.3, 0.4) is 0 Å². The average molecular weight is 300 g/mol. The van der Waals surface area contributed by atoms with Gasteiger partial charge in [-0.3, -0.25) is 0 Å². The average Bonchev–Trinajstić information content (AvgIpc) is 2.34. The molecule has 114 valence electrons. The zero-order valence-corrected chi connectivity index (χ0v) is 13.6.